The zero-order valence-electron chi connectivity index (χ0n) is 10.7. The highest BCUT2D eigenvalue weighted by atomic mass is 32.2. The van der Waals surface area contributed by atoms with E-state index in [1.54, 1.807) is 0 Å². The lowest BCUT2D eigenvalue weighted by Crippen LogP contribution is -2.51. The summed E-state index contributed by atoms with van der Waals surface area (Å²) in [6.45, 7) is 10.1. The molecule has 0 radical (unpaired) electrons. The molecule has 0 heterocycles. The van der Waals surface area contributed by atoms with Crippen molar-refractivity contribution >= 4 is 10.0 Å². The number of rotatable bonds is 8. The van der Waals surface area contributed by atoms with Gasteiger partial charge in [0.15, 0.2) is 0 Å². The third-order valence-corrected chi connectivity index (χ3v) is 3.08. The number of hydrogen-bond acceptors (Lipinski definition) is 3. The average molecular weight is 248 g/mol. The summed E-state index contributed by atoms with van der Waals surface area (Å²) in [4.78, 5) is 0. The molecule has 2 N–H and O–H groups in total. The Morgan fingerprint density at radius 2 is 2.00 bits per heavy atom. The molecule has 0 aromatic carbocycles. The van der Waals surface area contributed by atoms with Crippen LogP contribution in [0.1, 0.15) is 33.6 Å². The van der Waals surface area contributed by atoms with Crippen molar-refractivity contribution in [3.05, 3.63) is 12.7 Å². The molecule has 0 aliphatic rings. The highest BCUT2D eigenvalue weighted by Crippen LogP contribution is 2.04. The first-order valence-corrected chi connectivity index (χ1v) is 7.38. The first-order valence-electron chi connectivity index (χ1n) is 5.49. The van der Waals surface area contributed by atoms with E-state index >= 15 is 0 Å². The van der Waals surface area contributed by atoms with Crippen LogP contribution in [-0.2, 0) is 10.0 Å². The second kappa shape index (κ2) is 6.37. The highest BCUT2D eigenvalue weighted by molar-refractivity contribution is 7.88. The lowest BCUT2D eigenvalue weighted by molar-refractivity contribution is 0.388. The van der Waals surface area contributed by atoms with Gasteiger partial charge in [-0.1, -0.05) is 6.08 Å². The van der Waals surface area contributed by atoms with E-state index in [9.17, 15) is 8.42 Å². The number of sulfonamides is 1. The summed E-state index contributed by atoms with van der Waals surface area (Å²) in [5, 5.41) is 3.31. The molecule has 1 atom stereocenters. The molecule has 0 aliphatic carbocycles. The monoisotopic (exact) mass is 248 g/mol. The van der Waals surface area contributed by atoms with Crippen LogP contribution in [0.2, 0.25) is 0 Å². The average Bonchev–Trinajstić information content (AvgIpc) is 2.07. The minimum atomic E-state index is -3.15. The molecular weight excluding hydrogens is 224 g/mol. The van der Waals surface area contributed by atoms with Gasteiger partial charge in [-0.15, -0.1) is 6.58 Å². The van der Waals surface area contributed by atoms with Crippen LogP contribution in [0.4, 0.5) is 0 Å². The fourth-order valence-electron chi connectivity index (χ4n) is 1.44. The molecule has 0 bridgehead atoms. The second-order valence-electron chi connectivity index (χ2n) is 4.91. The molecule has 4 nitrogen and oxygen atoms in total. The van der Waals surface area contributed by atoms with Crippen LogP contribution in [0, 0.1) is 0 Å². The van der Waals surface area contributed by atoms with Crippen molar-refractivity contribution in [3.63, 3.8) is 0 Å². The van der Waals surface area contributed by atoms with Gasteiger partial charge >= 0.3 is 0 Å². The Bertz CT molecular complexity index is 310. The van der Waals surface area contributed by atoms with Gasteiger partial charge in [0.2, 0.25) is 10.0 Å². The third kappa shape index (κ3) is 8.88. The fraction of sp³-hybridized carbons (Fsp3) is 0.818. The zero-order valence-corrected chi connectivity index (χ0v) is 11.5. The lowest BCUT2D eigenvalue weighted by atomic mass is 10.1. The minimum Gasteiger partial charge on any atom is -0.312 e. The van der Waals surface area contributed by atoms with Crippen molar-refractivity contribution in [2.75, 3.05) is 12.8 Å². The van der Waals surface area contributed by atoms with Crippen molar-refractivity contribution < 1.29 is 8.42 Å². The summed E-state index contributed by atoms with van der Waals surface area (Å²) in [7, 11) is -3.15. The molecule has 0 aromatic heterocycles. The molecule has 16 heavy (non-hydrogen) atoms. The van der Waals surface area contributed by atoms with Crippen molar-refractivity contribution in [2.45, 2.75) is 45.2 Å². The number of nitrogens with one attached hydrogen (secondary N) is 2. The van der Waals surface area contributed by atoms with E-state index in [0.29, 0.717) is 12.6 Å². The van der Waals surface area contributed by atoms with Crippen LogP contribution in [0.3, 0.4) is 0 Å². The molecule has 0 fully saturated rings. The van der Waals surface area contributed by atoms with E-state index in [-0.39, 0.29) is 0 Å². The molecule has 0 rings (SSSR count). The molecule has 0 spiro atoms. The van der Waals surface area contributed by atoms with Crippen LogP contribution >= 0.6 is 0 Å². The van der Waals surface area contributed by atoms with Gasteiger partial charge in [-0.2, -0.15) is 0 Å². The summed E-state index contributed by atoms with van der Waals surface area (Å²) in [5.41, 5.74) is -0.462. The summed E-state index contributed by atoms with van der Waals surface area (Å²) in [6.07, 6.45) is 5.04. The van der Waals surface area contributed by atoms with Gasteiger partial charge in [0.1, 0.15) is 0 Å². The molecule has 0 saturated carbocycles. The van der Waals surface area contributed by atoms with Gasteiger partial charge in [0.05, 0.1) is 6.26 Å². The molecule has 0 saturated heterocycles. The van der Waals surface area contributed by atoms with Gasteiger partial charge in [0.25, 0.3) is 0 Å². The van der Waals surface area contributed by atoms with Crippen molar-refractivity contribution in [1.82, 2.24) is 10.0 Å². The van der Waals surface area contributed by atoms with Gasteiger partial charge in [-0.05, 0) is 33.6 Å². The van der Waals surface area contributed by atoms with Gasteiger partial charge in [-0.3, -0.25) is 0 Å². The molecule has 5 heteroatoms. The zero-order chi connectivity index (χ0) is 12.8. The van der Waals surface area contributed by atoms with Crippen LogP contribution in [0.25, 0.3) is 0 Å². The SMILES string of the molecule is C=CCCC(C)NCC(C)(C)NS(C)(=O)=O. The van der Waals surface area contributed by atoms with E-state index in [1.165, 1.54) is 6.26 Å². The smallest absolute Gasteiger partial charge is 0.209 e. The van der Waals surface area contributed by atoms with E-state index in [1.807, 2.05) is 19.9 Å². The summed E-state index contributed by atoms with van der Waals surface area (Å²) >= 11 is 0. The third-order valence-electron chi connectivity index (χ3n) is 2.16. The van der Waals surface area contributed by atoms with E-state index in [2.05, 4.69) is 23.5 Å². The van der Waals surface area contributed by atoms with Crippen LogP contribution in [0.5, 0.6) is 0 Å². The summed E-state index contributed by atoms with van der Waals surface area (Å²) < 4.78 is 24.8. The topological polar surface area (TPSA) is 58.2 Å². The molecule has 1 unspecified atom stereocenters. The fourth-order valence-corrected chi connectivity index (χ4v) is 2.51. The largest absolute Gasteiger partial charge is 0.312 e. The van der Waals surface area contributed by atoms with Gasteiger partial charge in [0, 0.05) is 18.1 Å². The number of allylic oxidation sites excluding steroid dienone is 1. The second-order valence-corrected chi connectivity index (χ2v) is 6.65. The molecular formula is C11H24N2O2S. The van der Waals surface area contributed by atoms with Crippen molar-refractivity contribution in [2.24, 2.45) is 0 Å². The van der Waals surface area contributed by atoms with Crippen LogP contribution in [-0.4, -0.2) is 32.8 Å². The molecule has 0 aliphatic heterocycles. The Hall–Kier alpha value is -0.390. The summed E-state index contributed by atoms with van der Waals surface area (Å²) in [6, 6.07) is 0.360. The quantitative estimate of drug-likeness (QED) is 0.636. The predicted molar refractivity (Wildman–Crippen MR) is 69.0 cm³/mol. The Morgan fingerprint density at radius 1 is 1.44 bits per heavy atom. The van der Waals surface area contributed by atoms with Gasteiger partial charge < -0.3 is 5.32 Å². The maximum absolute atomic E-state index is 11.1. The first-order chi connectivity index (χ1) is 7.16. The van der Waals surface area contributed by atoms with Gasteiger partial charge in [-0.25, -0.2) is 13.1 Å². The highest BCUT2D eigenvalue weighted by Gasteiger charge is 2.22. The Morgan fingerprint density at radius 3 is 2.44 bits per heavy atom. The van der Waals surface area contributed by atoms with Crippen LogP contribution in [0.15, 0.2) is 12.7 Å². The molecule has 0 aromatic rings. The Kier molecular flexibility index (Phi) is 6.22. The standard InChI is InChI=1S/C11H24N2O2S/c1-6-7-8-10(2)12-9-11(3,4)13-16(5,14)15/h6,10,12-13H,1,7-9H2,2-5H3. The molecule has 96 valence electrons. The first kappa shape index (κ1) is 15.6. The summed E-state index contributed by atoms with van der Waals surface area (Å²) in [5.74, 6) is 0. The Labute approximate surface area is 99.6 Å². The number of hydrogen-bond donors (Lipinski definition) is 2. The van der Waals surface area contributed by atoms with Crippen molar-refractivity contribution in [1.29, 1.82) is 0 Å². The molecule has 0 amide bonds. The maximum atomic E-state index is 11.1. The van der Waals surface area contributed by atoms with Crippen molar-refractivity contribution in [3.8, 4) is 0 Å². The van der Waals surface area contributed by atoms with Crippen LogP contribution < -0.4 is 10.0 Å². The van der Waals surface area contributed by atoms with E-state index in [0.717, 1.165) is 12.8 Å². The predicted octanol–water partition coefficient (Wildman–Crippen LogP) is 1.26. The Balaban J connectivity index is 4.03. The van der Waals surface area contributed by atoms with E-state index < -0.39 is 15.6 Å². The minimum absolute atomic E-state index is 0.360. The van der Waals surface area contributed by atoms with E-state index in [4.69, 9.17) is 0 Å². The maximum Gasteiger partial charge on any atom is 0.209 e. The lowest BCUT2D eigenvalue weighted by Gasteiger charge is -2.27. The normalized spacial score (nSPS) is 14.8.